The molecule has 2 N–H and O–H groups in total. The first-order valence-corrected chi connectivity index (χ1v) is 11.3. The summed E-state index contributed by atoms with van der Waals surface area (Å²) in [5.41, 5.74) is 0.237. The van der Waals surface area contributed by atoms with Gasteiger partial charge in [-0.25, -0.2) is 0 Å². The molecule has 1 heterocycles. The average molecular weight is 499 g/mol. The van der Waals surface area contributed by atoms with Crippen molar-refractivity contribution in [3.8, 4) is 6.07 Å². The van der Waals surface area contributed by atoms with Crippen molar-refractivity contribution < 1.29 is 27.5 Å². The van der Waals surface area contributed by atoms with Crippen molar-refractivity contribution in [1.82, 2.24) is 5.32 Å². The maximum Gasteiger partial charge on any atom is 0.416 e. The Morgan fingerprint density at radius 1 is 1.17 bits per heavy atom. The quantitative estimate of drug-likeness (QED) is 0.560. The minimum atomic E-state index is -4.63. The van der Waals surface area contributed by atoms with E-state index in [9.17, 15) is 22.8 Å². The van der Waals surface area contributed by atoms with Crippen LogP contribution in [-0.2, 0) is 20.5 Å². The van der Waals surface area contributed by atoms with E-state index >= 15 is 0 Å². The molecular formula is C26H25F3N4O3. The molecule has 0 aliphatic carbocycles. The lowest BCUT2D eigenvalue weighted by Crippen LogP contribution is -2.49. The molecule has 1 aliphatic heterocycles. The predicted molar refractivity (Wildman–Crippen MR) is 127 cm³/mol. The van der Waals surface area contributed by atoms with Gasteiger partial charge < -0.3 is 15.0 Å². The Morgan fingerprint density at radius 3 is 2.39 bits per heavy atom. The molecule has 2 atom stereocenters. The monoisotopic (exact) mass is 498 g/mol. The van der Waals surface area contributed by atoms with Crippen LogP contribution in [0, 0.1) is 22.7 Å². The molecule has 0 fully saturated rings. The molecule has 36 heavy (non-hydrogen) atoms. The fourth-order valence-electron chi connectivity index (χ4n) is 4.31. The average Bonchev–Trinajstić information content (AvgIpc) is 2.83. The third-order valence-corrected chi connectivity index (χ3v) is 5.86. The second-order valence-corrected chi connectivity index (χ2v) is 8.07. The lowest BCUT2D eigenvalue weighted by molar-refractivity contribution is -0.146. The molecule has 1 amide bonds. The topological polar surface area (TPSA) is 106 Å². The van der Waals surface area contributed by atoms with E-state index in [1.54, 1.807) is 26.0 Å². The number of hydrogen-bond donors (Lipinski definition) is 2. The number of ether oxygens (including phenoxy) is 1. The van der Waals surface area contributed by atoms with Gasteiger partial charge >= 0.3 is 12.1 Å². The first-order chi connectivity index (χ1) is 17.0. The minimum absolute atomic E-state index is 0.00541. The Hall–Kier alpha value is -4.13. The Balaban J connectivity index is 2.31. The number of nitriles is 1. The fraction of sp³-hybridized carbons (Fsp3) is 0.308. The first-order valence-electron chi connectivity index (χ1n) is 11.3. The van der Waals surface area contributed by atoms with E-state index in [-0.39, 0.29) is 35.9 Å². The van der Waals surface area contributed by atoms with Crippen molar-refractivity contribution in [2.75, 3.05) is 18.1 Å². The number of nitrogens with zero attached hydrogens (tertiary/aromatic N) is 2. The van der Waals surface area contributed by atoms with Crippen molar-refractivity contribution in [1.29, 1.82) is 10.7 Å². The van der Waals surface area contributed by atoms with E-state index in [2.05, 4.69) is 5.32 Å². The normalized spacial score (nSPS) is 18.0. The molecule has 2 aromatic rings. The molecule has 2 aromatic carbocycles. The van der Waals surface area contributed by atoms with E-state index in [0.29, 0.717) is 11.1 Å². The molecule has 10 heteroatoms. The second-order valence-electron chi connectivity index (χ2n) is 8.07. The number of anilines is 1. The van der Waals surface area contributed by atoms with Crippen molar-refractivity contribution >= 4 is 23.4 Å². The van der Waals surface area contributed by atoms with Crippen molar-refractivity contribution in [3.63, 3.8) is 0 Å². The highest BCUT2D eigenvalue weighted by atomic mass is 19.4. The summed E-state index contributed by atoms with van der Waals surface area (Å²) in [4.78, 5) is 27.7. The van der Waals surface area contributed by atoms with Gasteiger partial charge in [0.1, 0.15) is 11.8 Å². The summed E-state index contributed by atoms with van der Waals surface area (Å²) in [5.74, 6) is -3.93. The number of likely N-dealkylation sites (N-methyl/N-ethyl adjacent to an activating group) is 1. The number of esters is 1. The number of halogens is 3. The largest absolute Gasteiger partial charge is 0.465 e. The van der Waals surface area contributed by atoms with Crippen LogP contribution in [0.25, 0.3) is 0 Å². The van der Waals surface area contributed by atoms with E-state index in [0.717, 1.165) is 12.1 Å². The van der Waals surface area contributed by atoms with Gasteiger partial charge in [-0.15, -0.1) is 0 Å². The Kier molecular flexibility index (Phi) is 7.83. The number of rotatable bonds is 6. The summed E-state index contributed by atoms with van der Waals surface area (Å²) in [5, 5.41) is 20.8. The summed E-state index contributed by atoms with van der Waals surface area (Å²) in [6.45, 7) is 5.10. The number of benzene rings is 2. The maximum absolute atomic E-state index is 13.4. The molecule has 0 saturated carbocycles. The molecule has 2 unspecified atom stereocenters. The van der Waals surface area contributed by atoms with Gasteiger partial charge in [0.15, 0.2) is 0 Å². The van der Waals surface area contributed by atoms with Gasteiger partial charge in [-0.05, 0) is 56.7 Å². The van der Waals surface area contributed by atoms with Gasteiger partial charge in [0.05, 0.1) is 23.8 Å². The highest BCUT2D eigenvalue weighted by molar-refractivity contribution is 6.15. The molecule has 7 nitrogen and oxygen atoms in total. The molecule has 0 radical (unpaired) electrons. The zero-order valence-corrected chi connectivity index (χ0v) is 19.9. The van der Waals surface area contributed by atoms with Crippen molar-refractivity contribution in [2.24, 2.45) is 5.92 Å². The predicted octanol–water partition coefficient (Wildman–Crippen LogP) is 4.75. The summed E-state index contributed by atoms with van der Waals surface area (Å²) >= 11 is 0. The van der Waals surface area contributed by atoms with Gasteiger partial charge in [-0.2, -0.15) is 18.4 Å². The molecule has 1 aliphatic rings. The highest BCUT2D eigenvalue weighted by Gasteiger charge is 2.47. The lowest BCUT2D eigenvalue weighted by atomic mass is 9.75. The molecule has 0 aromatic heterocycles. The van der Waals surface area contributed by atoms with Crippen LogP contribution in [0.5, 0.6) is 0 Å². The third-order valence-electron chi connectivity index (χ3n) is 5.86. The number of hydrogen-bond acceptors (Lipinski definition) is 5. The van der Waals surface area contributed by atoms with Gasteiger partial charge in [0.25, 0.3) is 0 Å². The number of amidine groups is 1. The van der Waals surface area contributed by atoms with Crippen LogP contribution in [0.15, 0.2) is 59.8 Å². The number of allylic oxidation sites excluding steroid dienone is 1. The SMILES string of the molecule is CCNC(=O)C1=C(C)N(c2cccc(C(F)(F)F)c2)C(=N)C(C(=O)OCC)C1c1ccc(C#N)cc1. The summed E-state index contributed by atoms with van der Waals surface area (Å²) in [7, 11) is 0. The first kappa shape index (κ1) is 26.5. The second kappa shape index (κ2) is 10.6. The molecular weight excluding hydrogens is 473 g/mol. The Bertz CT molecular complexity index is 1250. The summed E-state index contributed by atoms with van der Waals surface area (Å²) < 4.78 is 45.6. The van der Waals surface area contributed by atoms with Crippen LogP contribution in [0.1, 0.15) is 43.4 Å². The van der Waals surface area contributed by atoms with Crippen LogP contribution < -0.4 is 10.2 Å². The number of carbonyl (C=O) groups is 2. The molecule has 188 valence electrons. The lowest BCUT2D eigenvalue weighted by Gasteiger charge is -2.41. The molecule has 0 saturated heterocycles. The summed E-state index contributed by atoms with van der Waals surface area (Å²) in [6.07, 6.45) is -4.63. The molecule has 0 spiro atoms. The minimum Gasteiger partial charge on any atom is -0.465 e. The number of alkyl halides is 3. The van der Waals surface area contributed by atoms with Crippen LogP contribution in [0.4, 0.5) is 18.9 Å². The smallest absolute Gasteiger partial charge is 0.416 e. The van der Waals surface area contributed by atoms with E-state index in [1.807, 2.05) is 6.07 Å². The summed E-state index contributed by atoms with van der Waals surface area (Å²) in [6, 6.07) is 12.6. The Labute approximate surface area is 206 Å². The van der Waals surface area contributed by atoms with E-state index in [1.165, 1.54) is 36.1 Å². The molecule has 3 rings (SSSR count). The van der Waals surface area contributed by atoms with Gasteiger partial charge in [0.2, 0.25) is 5.91 Å². The van der Waals surface area contributed by atoms with Crippen molar-refractivity contribution in [3.05, 3.63) is 76.5 Å². The van der Waals surface area contributed by atoms with E-state index < -0.39 is 35.5 Å². The highest BCUT2D eigenvalue weighted by Crippen LogP contribution is 2.44. The maximum atomic E-state index is 13.4. The molecule has 0 bridgehead atoms. The van der Waals surface area contributed by atoms with Crippen LogP contribution in [0.2, 0.25) is 0 Å². The van der Waals surface area contributed by atoms with Gasteiger partial charge in [0, 0.05) is 29.4 Å². The van der Waals surface area contributed by atoms with Crippen LogP contribution in [-0.4, -0.2) is 30.9 Å². The number of carbonyl (C=O) groups excluding carboxylic acids is 2. The number of nitrogens with one attached hydrogen (secondary N) is 2. The van der Waals surface area contributed by atoms with Gasteiger partial charge in [-0.3, -0.25) is 15.0 Å². The zero-order valence-electron chi connectivity index (χ0n) is 19.9. The van der Waals surface area contributed by atoms with Crippen molar-refractivity contribution in [2.45, 2.75) is 32.9 Å². The number of amides is 1. The zero-order chi connectivity index (χ0) is 26.6. The standard InChI is InChI=1S/C26H25F3N4O3/c1-4-32-24(34)20-15(3)33(19-8-6-7-18(13-19)26(27,28)29)23(31)22(25(35)36-5-2)21(20)17-11-9-16(14-30)10-12-17/h6-13,21-22,31H,4-5H2,1-3H3,(H,32,34). The van der Waals surface area contributed by atoms with E-state index in [4.69, 9.17) is 15.4 Å². The third kappa shape index (κ3) is 5.10. The van der Waals surface area contributed by atoms with Gasteiger partial charge in [-0.1, -0.05) is 18.2 Å². The van der Waals surface area contributed by atoms with Crippen LogP contribution >= 0.6 is 0 Å². The Morgan fingerprint density at radius 2 is 1.83 bits per heavy atom. The van der Waals surface area contributed by atoms with Crippen LogP contribution in [0.3, 0.4) is 0 Å². The fourth-order valence-corrected chi connectivity index (χ4v) is 4.31.